The molecule has 0 radical (unpaired) electrons. The van der Waals surface area contributed by atoms with Crippen LogP contribution in [-0.4, -0.2) is 0 Å². The summed E-state index contributed by atoms with van der Waals surface area (Å²) in [5, 5.41) is 2.66. The topological polar surface area (TPSA) is 3.88 Å². The van der Waals surface area contributed by atoms with E-state index in [0.29, 0.717) is 12.0 Å². The van der Waals surface area contributed by atoms with Gasteiger partial charge >= 0.3 is 0 Å². The third-order valence-corrected chi connectivity index (χ3v) is 3.09. The molecule has 1 aromatic heterocycles. The van der Waals surface area contributed by atoms with E-state index in [1.165, 1.54) is 16.3 Å². The van der Waals surface area contributed by atoms with Crippen LogP contribution in [0.1, 0.15) is 45.2 Å². The van der Waals surface area contributed by atoms with Crippen LogP contribution in [0.3, 0.4) is 0 Å². The molecule has 0 unspecified atom stereocenters. The maximum Gasteiger partial charge on any atom is 0.176 e. The lowest BCUT2D eigenvalue weighted by atomic mass is 10.0. The molecule has 1 heterocycles. The molecular formula is C15H20N+. The van der Waals surface area contributed by atoms with E-state index in [-0.39, 0.29) is 0 Å². The van der Waals surface area contributed by atoms with Crippen LogP contribution in [0.5, 0.6) is 0 Å². The predicted octanol–water partition coefficient (Wildman–Crippen LogP) is 3.83. The minimum atomic E-state index is 0.520. The number of benzene rings is 1. The Labute approximate surface area is 97.7 Å². The average Bonchev–Trinajstić information content (AvgIpc) is 2.27. The Morgan fingerprint density at radius 1 is 0.938 bits per heavy atom. The van der Waals surface area contributed by atoms with Crippen molar-refractivity contribution < 1.29 is 4.57 Å². The number of rotatable bonds is 2. The van der Waals surface area contributed by atoms with Gasteiger partial charge in [0.15, 0.2) is 18.4 Å². The first kappa shape index (κ1) is 11.1. The van der Waals surface area contributed by atoms with Crippen molar-refractivity contribution in [3.8, 4) is 0 Å². The number of hydrogen-bond acceptors (Lipinski definition) is 0. The Hall–Kier alpha value is -1.37. The largest absolute Gasteiger partial charge is 0.202 e. The van der Waals surface area contributed by atoms with Gasteiger partial charge in [-0.1, -0.05) is 26.0 Å². The highest BCUT2D eigenvalue weighted by molar-refractivity contribution is 5.81. The minimum Gasteiger partial charge on any atom is -0.202 e. The van der Waals surface area contributed by atoms with Crippen LogP contribution in [0.15, 0.2) is 36.7 Å². The minimum absolute atomic E-state index is 0.520. The van der Waals surface area contributed by atoms with Crippen molar-refractivity contribution in [1.29, 1.82) is 0 Å². The molecule has 16 heavy (non-hydrogen) atoms. The van der Waals surface area contributed by atoms with Crippen molar-refractivity contribution >= 4 is 10.8 Å². The van der Waals surface area contributed by atoms with Gasteiger partial charge in [-0.2, -0.15) is 0 Å². The summed E-state index contributed by atoms with van der Waals surface area (Å²) in [4.78, 5) is 0. The van der Waals surface area contributed by atoms with Crippen LogP contribution in [0.4, 0.5) is 0 Å². The van der Waals surface area contributed by atoms with E-state index < -0.39 is 0 Å². The summed E-state index contributed by atoms with van der Waals surface area (Å²) >= 11 is 0. The molecule has 0 saturated carbocycles. The van der Waals surface area contributed by atoms with Crippen molar-refractivity contribution in [1.82, 2.24) is 0 Å². The van der Waals surface area contributed by atoms with Crippen LogP contribution in [0.2, 0.25) is 0 Å². The van der Waals surface area contributed by atoms with Gasteiger partial charge in [-0.3, -0.25) is 0 Å². The second kappa shape index (κ2) is 4.25. The number of hydrogen-bond donors (Lipinski definition) is 0. The molecule has 0 bridgehead atoms. The number of nitrogens with zero attached hydrogens (tertiary/aromatic N) is 1. The SMILES string of the molecule is CC(C)c1ccc2cc[n+](C(C)C)cc2c1. The maximum atomic E-state index is 2.30. The molecule has 1 nitrogen and oxygen atoms in total. The Balaban J connectivity index is 2.56. The van der Waals surface area contributed by atoms with E-state index in [2.05, 4.69) is 68.9 Å². The smallest absolute Gasteiger partial charge is 0.176 e. The summed E-state index contributed by atoms with van der Waals surface area (Å²) in [6.07, 6.45) is 4.40. The first-order chi connectivity index (χ1) is 7.58. The lowest BCUT2D eigenvalue weighted by molar-refractivity contribution is -0.715. The average molecular weight is 214 g/mol. The Bertz CT molecular complexity index is 455. The second-order valence-corrected chi connectivity index (χ2v) is 5.03. The van der Waals surface area contributed by atoms with Crippen molar-refractivity contribution in [3.63, 3.8) is 0 Å². The van der Waals surface area contributed by atoms with E-state index in [0.717, 1.165) is 0 Å². The normalized spacial score (nSPS) is 11.6. The van der Waals surface area contributed by atoms with E-state index in [1.54, 1.807) is 0 Å². The summed E-state index contributed by atoms with van der Waals surface area (Å²) < 4.78 is 2.26. The van der Waals surface area contributed by atoms with Crippen molar-refractivity contribution in [2.75, 3.05) is 0 Å². The van der Waals surface area contributed by atoms with Crippen molar-refractivity contribution in [2.24, 2.45) is 0 Å². The predicted molar refractivity (Wildman–Crippen MR) is 68.6 cm³/mol. The van der Waals surface area contributed by atoms with Gasteiger partial charge in [-0.05, 0) is 36.8 Å². The summed E-state index contributed by atoms with van der Waals surface area (Å²) in [5.74, 6) is 0.595. The Kier molecular flexibility index (Phi) is 2.95. The Morgan fingerprint density at radius 2 is 1.69 bits per heavy atom. The molecule has 2 rings (SSSR count). The van der Waals surface area contributed by atoms with Crippen LogP contribution in [0, 0.1) is 0 Å². The van der Waals surface area contributed by atoms with Gasteiger partial charge in [0, 0.05) is 11.5 Å². The fourth-order valence-corrected chi connectivity index (χ4v) is 1.91. The first-order valence-corrected chi connectivity index (χ1v) is 6.02. The zero-order chi connectivity index (χ0) is 11.7. The summed E-state index contributed by atoms with van der Waals surface area (Å²) in [5.41, 5.74) is 1.41. The number of fused-ring (bicyclic) bond motifs is 1. The molecule has 0 atom stereocenters. The molecular weight excluding hydrogens is 194 g/mol. The van der Waals surface area contributed by atoms with Gasteiger partial charge in [0.1, 0.15) is 0 Å². The summed E-state index contributed by atoms with van der Waals surface area (Å²) in [7, 11) is 0. The third-order valence-electron chi connectivity index (χ3n) is 3.09. The standard InChI is InChI=1S/C15H20N/c1-11(2)14-6-5-13-7-8-16(12(3)4)10-15(13)9-14/h5-12H,1-4H3/q+1. The molecule has 1 aromatic carbocycles. The molecule has 0 aliphatic carbocycles. The van der Waals surface area contributed by atoms with Crippen LogP contribution >= 0.6 is 0 Å². The van der Waals surface area contributed by atoms with E-state index in [1.807, 2.05) is 0 Å². The molecule has 0 saturated heterocycles. The second-order valence-electron chi connectivity index (χ2n) is 5.03. The molecule has 0 fully saturated rings. The molecule has 0 aliphatic heterocycles. The van der Waals surface area contributed by atoms with Crippen LogP contribution in [0.25, 0.3) is 10.8 Å². The summed E-state index contributed by atoms with van der Waals surface area (Å²) in [6, 6.07) is 9.47. The number of aromatic nitrogens is 1. The molecule has 84 valence electrons. The molecule has 0 N–H and O–H groups in total. The Morgan fingerprint density at radius 3 is 2.31 bits per heavy atom. The van der Waals surface area contributed by atoms with Crippen molar-refractivity contribution in [3.05, 3.63) is 42.2 Å². The molecule has 0 spiro atoms. The lowest BCUT2D eigenvalue weighted by Crippen LogP contribution is -2.34. The zero-order valence-electron chi connectivity index (χ0n) is 10.6. The highest BCUT2D eigenvalue weighted by atomic mass is 15.0. The van der Waals surface area contributed by atoms with Gasteiger partial charge in [0.2, 0.25) is 0 Å². The van der Waals surface area contributed by atoms with Gasteiger partial charge in [0.25, 0.3) is 0 Å². The van der Waals surface area contributed by atoms with Crippen molar-refractivity contribution in [2.45, 2.75) is 39.7 Å². The highest BCUT2D eigenvalue weighted by Crippen LogP contribution is 2.20. The highest BCUT2D eigenvalue weighted by Gasteiger charge is 2.08. The monoisotopic (exact) mass is 214 g/mol. The van der Waals surface area contributed by atoms with E-state index >= 15 is 0 Å². The first-order valence-electron chi connectivity index (χ1n) is 6.02. The zero-order valence-corrected chi connectivity index (χ0v) is 10.6. The molecule has 0 aliphatic rings. The van der Waals surface area contributed by atoms with E-state index in [9.17, 15) is 0 Å². The molecule has 0 amide bonds. The lowest BCUT2D eigenvalue weighted by Gasteiger charge is -2.07. The van der Waals surface area contributed by atoms with Gasteiger partial charge in [-0.15, -0.1) is 0 Å². The van der Waals surface area contributed by atoms with Crippen LogP contribution in [-0.2, 0) is 0 Å². The third kappa shape index (κ3) is 2.08. The fourth-order valence-electron chi connectivity index (χ4n) is 1.91. The quantitative estimate of drug-likeness (QED) is 0.669. The number of pyridine rings is 1. The van der Waals surface area contributed by atoms with Gasteiger partial charge in [0.05, 0.1) is 0 Å². The summed E-state index contributed by atoms with van der Waals surface area (Å²) in [6.45, 7) is 8.89. The fraction of sp³-hybridized carbons (Fsp3) is 0.400. The van der Waals surface area contributed by atoms with Crippen LogP contribution < -0.4 is 4.57 Å². The molecule has 2 aromatic rings. The van der Waals surface area contributed by atoms with Gasteiger partial charge < -0.3 is 0 Å². The van der Waals surface area contributed by atoms with E-state index in [4.69, 9.17) is 0 Å². The maximum absolute atomic E-state index is 2.30. The van der Waals surface area contributed by atoms with Gasteiger partial charge in [-0.25, -0.2) is 4.57 Å². The molecule has 1 heteroatoms.